The van der Waals surface area contributed by atoms with E-state index < -0.39 is 0 Å². The number of phenolic OH excluding ortho intramolecular Hbond substituents is 2. The van der Waals surface area contributed by atoms with Gasteiger partial charge in [-0.2, -0.15) is 0 Å². The molecule has 0 saturated heterocycles. The van der Waals surface area contributed by atoms with E-state index in [4.69, 9.17) is 0 Å². The third kappa shape index (κ3) is 2.41. The second kappa shape index (κ2) is 4.50. The summed E-state index contributed by atoms with van der Waals surface area (Å²) in [5, 5.41) is 18.7. The number of hydrogen-bond donors (Lipinski definition) is 2. The van der Waals surface area contributed by atoms with E-state index in [1.165, 1.54) is 5.56 Å². The summed E-state index contributed by atoms with van der Waals surface area (Å²) in [6, 6.07) is 12.7. The van der Waals surface area contributed by atoms with Crippen molar-refractivity contribution in [3.63, 3.8) is 0 Å². The number of phenols is 2. The van der Waals surface area contributed by atoms with Crippen LogP contribution in [0.5, 0.6) is 11.5 Å². The molecule has 2 N–H and O–H groups in total. The van der Waals surface area contributed by atoms with Crippen molar-refractivity contribution in [2.24, 2.45) is 0 Å². The van der Waals surface area contributed by atoms with Gasteiger partial charge in [-0.3, -0.25) is 0 Å². The number of aromatic hydroxyl groups is 2. The summed E-state index contributed by atoms with van der Waals surface area (Å²) in [6.45, 7) is 4.11. The summed E-state index contributed by atoms with van der Waals surface area (Å²) in [7, 11) is 0. The second-order valence-corrected chi connectivity index (χ2v) is 4.35. The maximum Gasteiger partial charge on any atom is 0.115 e. The van der Waals surface area contributed by atoms with Crippen LogP contribution in [0.15, 0.2) is 42.5 Å². The molecule has 17 heavy (non-hydrogen) atoms. The molecule has 1 unspecified atom stereocenters. The van der Waals surface area contributed by atoms with Crippen molar-refractivity contribution in [2.75, 3.05) is 0 Å². The number of hydrogen-bond acceptors (Lipinski definition) is 2. The Balaban J connectivity index is 2.36. The highest BCUT2D eigenvalue weighted by Crippen LogP contribution is 2.29. The first-order valence-corrected chi connectivity index (χ1v) is 5.66. The van der Waals surface area contributed by atoms with Gasteiger partial charge in [-0.25, -0.2) is 0 Å². The fourth-order valence-electron chi connectivity index (χ4n) is 2.09. The average molecular weight is 228 g/mol. The highest BCUT2D eigenvalue weighted by atomic mass is 16.3. The lowest BCUT2D eigenvalue weighted by molar-refractivity contribution is 0.474. The minimum Gasteiger partial charge on any atom is -0.508 e. The minimum absolute atomic E-state index is 0.246. The average Bonchev–Trinajstić information content (AvgIpc) is 2.29. The SMILES string of the molecule is Cc1cc(O)ccc1C(C)c1ccc(O)cc1. The Morgan fingerprint density at radius 2 is 1.47 bits per heavy atom. The van der Waals surface area contributed by atoms with Gasteiger partial charge in [0.05, 0.1) is 0 Å². The predicted molar refractivity (Wildman–Crippen MR) is 68.5 cm³/mol. The highest BCUT2D eigenvalue weighted by Gasteiger charge is 2.11. The standard InChI is InChI=1S/C15H16O2/c1-10-9-14(17)7-8-15(10)11(2)12-3-5-13(16)6-4-12/h3-9,11,16-17H,1-2H3. The Morgan fingerprint density at radius 3 is 2.06 bits per heavy atom. The van der Waals surface area contributed by atoms with E-state index in [-0.39, 0.29) is 11.7 Å². The van der Waals surface area contributed by atoms with Gasteiger partial charge in [-0.05, 0) is 47.9 Å². The van der Waals surface area contributed by atoms with E-state index in [9.17, 15) is 10.2 Å². The van der Waals surface area contributed by atoms with Crippen molar-refractivity contribution in [2.45, 2.75) is 19.8 Å². The zero-order chi connectivity index (χ0) is 12.4. The largest absolute Gasteiger partial charge is 0.508 e. The molecule has 0 spiro atoms. The third-order valence-corrected chi connectivity index (χ3v) is 3.11. The number of rotatable bonds is 2. The van der Waals surface area contributed by atoms with Crippen molar-refractivity contribution < 1.29 is 10.2 Å². The Hall–Kier alpha value is -1.96. The molecule has 0 aromatic heterocycles. The number of aryl methyl sites for hydroxylation is 1. The van der Waals surface area contributed by atoms with Gasteiger partial charge < -0.3 is 10.2 Å². The molecule has 1 atom stereocenters. The molecule has 2 aromatic rings. The molecule has 0 fully saturated rings. The smallest absolute Gasteiger partial charge is 0.115 e. The van der Waals surface area contributed by atoms with Crippen molar-refractivity contribution in [1.82, 2.24) is 0 Å². The molecule has 2 heteroatoms. The Bertz CT molecular complexity index is 515. The summed E-state index contributed by atoms with van der Waals surface area (Å²) in [4.78, 5) is 0. The van der Waals surface area contributed by atoms with Crippen LogP contribution in [0, 0.1) is 6.92 Å². The lowest BCUT2D eigenvalue weighted by Crippen LogP contribution is -1.98. The van der Waals surface area contributed by atoms with Crippen LogP contribution in [0.3, 0.4) is 0 Å². The molecule has 2 aromatic carbocycles. The Labute approximate surface area is 101 Å². The molecule has 88 valence electrons. The van der Waals surface area contributed by atoms with Gasteiger partial charge in [-0.15, -0.1) is 0 Å². The monoisotopic (exact) mass is 228 g/mol. The van der Waals surface area contributed by atoms with Gasteiger partial charge in [0.1, 0.15) is 11.5 Å². The molecule has 2 rings (SSSR count). The van der Waals surface area contributed by atoms with Gasteiger partial charge in [0.15, 0.2) is 0 Å². The lowest BCUT2D eigenvalue weighted by Gasteiger charge is -2.15. The minimum atomic E-state index is 0.246. The third-order valence-electron chi connectivity index (χ3n) is 3.11. The fourth-order valence-corrected chi connectivity index (χ4v) is 2.09. The Morgan fingerprint density at radius 1 is 0.882 bits per heavy atom. The summed E-state index contributed by atoms with van der Waals surface area (Å²) < 4.78 is 0. The fraction of sp³-hybridized carbons (Fsp3) is 0.200. The predicted octanol–water partition coefficient (Wildman–Crippen LogP) is 3.56. The zero-order valence-corrected chi connectivity index (χ0v) is 10.0. The quantitative estimate of drug-likeness (QED) is 0.825. The first-order valence-electron chi connectivity index (χ1n) is 5.66. The molecule has 2 nitrogen and oxygen atoms in total. The van der Waals surface area contributed by atoms with Crippen molar-refractivity contribution in [1.29, 1.82) is 0 Å². The molecule has 0 saturated carbocycles. The highest BCUT2D eigenvalue weighted by molar-refractivity contribution is 5.41. The zero-order valence-electron chi connectivity index (χ0n) is 10.0. The molecular formula is C15H16O2. The Kier molecular flexibility index (Phi) is 3.05. The number of benzene rings is 2. The lowest BCUT2D eigenvalue weighted by atomic mass is 9.90. The van der Waals surface area contributed by atoms with Gasteiger partial charge in [0.25, 0.3) is 0 Å². The maximum atomic E-state index is 9.39. The van der Waals surface area contributed by atoms with Crippen LogP contribution in [-0.2, 0) is 0 Å². The molecule has 0 bridgehead atoms. The van der Waals surface area contributed by atoms with Crippen molar-refractivity contribution in [3.05, 3.63) is 59.2 Å². The summed E-state index contributed by atoms with van der Waals surface area (Å²) in [5.74, 6) is 0.823. The summed E-state index contributed by atoms with van der Waals surface area (Å²) >= 11 is 0. The van der Waals surface area contributed by atoms with Gasteiger partial charge in [-0.1, -0.05) is 25.1 Å². The molecule has 0 heterocycles. The van der Waals surface area contributed by atoms with Crippen molar-refractivity contribution in [3.8, 4) is 11.5 Å². The molecule has 0 amide bonds. The van der Waals surface area contributed by atoms with Gasteiger partial charge in [0.2, 0.25) is 0 Å². The first-order chi connectivity index (χ1) is 8.08. The summed E-state index contributed by atoms with van der Waals surface area (Å²) in [6.07, 6.45) is 0. The molecule has 0 aliphatic heterocycles. The maximum absolute atomic E-state index is 9.39. The van der Waals surface area contributed by atoms with E-state index >= 15 is 0 Å². The van der Waals surface area contributed by atoms with Crippen LogP contribution in [-0.4, -0.2) is 10.2 Å². The van der Waals surface area contributed by atoms with E-state index in [1.54, 1.807) is 24.3 Å². The van der Waals surface area contributed by atoms with Crippen LogP contribution in [0.25, 0.3) is 0 Å². The first kappa shape index (κ1) is 11.5. The summed E-state index contributed by atoms with van der Waals surface area (Å²) in [5.41, 5.74) is 3.41. The van der Waals surface area contributed by atoms with Crippen molar-refractivity contribution >= 4 is 0 Å². The van der Waals surface area contributed by atoms with Gasteiger partial charge >= 0.3 is 0 Å². The van der Waals surface area contributed by atoms with Crippen LogP contribution in [0.1, 0.15) is 29.5 Å². The molecule has 0 aliphatic rings. The molecular weight excluding hydrogens is 212 g/mol. The molecule has 0 radical (unpaired) electrons. The van der Waals surface area contributed by atoms with Gasteiger partial charge in [0, 0.05) is 5.92 Å². The normalized spacial score (nSPS) is 12.4. The van der Waals surface area contributed by atoms with Crippen LogP contribution < -0.4 is 0 Å². The van der Waals surface area contributed by atoms with E-state index in [1.807, 2.05) is 25.1 Å². The van der Waals surface area contributed by atoms with E-state index in [0.717, 1.165) is 11.1 Å². The van der Waals surface area contributed by atoms with Crippen LogP contribution >= 0.6 is 0 Å². The second-order valence-electron chi connectivity index (χ2n) is 4.35. The van der Waals surface area contributed by atoms with E-state index in [0.29, 0.717) is 5.75 Å². The topological polar surface area (TPSA) is 40.5 Å². The van der Waals surface area contributed by atoms with E-state index in [2.05, 4.69) is 6.92 Å². The van der Waals surface area contributed by atoms with Crippen LogP contribution in [0.2, 0.25) is 0 Å². The molecule has 0 aliphatic carbocycles. The van der Waals surface area contributed by atoms with Crippen LogP contribution in [0.4, 0.5) is 0 Å².